The number of carbonyl (C=O) groups excluding carboxylic acids is 1. The van der Waals surface area contributed by atoms with Crippen LogP contribution in [0.5, 0.6) is 0 Å². The second-order valence-electron chi connectivity index (χ2n) is 7.70. The van der Waals surface area contributed by atoms with E-state index < -0.39 is 0 Å². The molecule has 2 heterocycles. The van der Waals surface area contributed by atoms with Gasteiger partial charge in [-0.2, -0.15) is 0 Å². The fourth-order valence-electron chi connectivity index (χ4n) is 3.30. The van der Waals surface area contributed by atoms with Crippen LogP contribution in [0, 0.1) is 6.92 Å². The summed E-state index contributed by atoms with van der Waals surface area (Å²) in [5, 5.41) is 12.8. The normalized spacial score (nSPS) is 11.2. The summed E-state index contributed by atoms with van der Waals surface area (Å²) in [4.78, 5) is 29.4. The first-order chi connectivity index (χ1) is 14.9. The molecule has 2 aromatic carbocycles. The van der Waals surface area contributed by atoms with Crippen molar-refractivity contribution in [2.24, 2.45) is 0 Å². The van der Waals surface area contributed by atoms with Gasteiger partial charge in [0.1, 0.15) is 5.01 Å². The van der Waals surface area contributed by atoms with Crippen molar-refractivity contribution in [2.75, 3.05) is 5.32 Å². The molecule has 0 bridgehead atoms. The molecule has 0 aliphatic rings. The lowest BCUT2D eigenvalue weighted by molar-refractivity contribution is -0.116. The monoisotopic (exact) mass is 433 g/mol. The van der Waals surface area contributed by atoms with E-state index in [0.717, 1.165) is 16.1 Å². The van der Waals surface area contributed by atoms with Crippen molar-refractivity contribution in [2.45, 2.75) is 39.7 Å². The van der Waals surface area contributed by atoms with E-state index in [1.165, 1.54) is 27.8 Å². The first-order valence-electron chi connectivity index (χ1n) is 10.1. The summed E-state index contributed by atoms with van der Waals surface area (Å²) in [7, 11) is 0. The number of fused-ring (bicyclic) bond motifs is 1. The molecule has 4 rings (SSSR count). The summed E-state index contributed by atoms with van der Waals surface area (Å²) in [5.74, 6) is 0.238. The molecule has 0 aliphatic heterocycles. The topological polar surface area (TPSA) is 89.8 Å². The zero-order valence-electron chi connectivity index (χ0n) is 17.6. The van der Waals surface area contributed by atoms with Crippen molar-refractivity contribution in [3.05, 3.63) is 70.3 Å². The second kappa shape index (κ2) is 8.77. The van der Waals surface area contributed by atoms with Gasteiger partial charge in [0.25, 0.3) is 5.56 Å². The molecule has 2 aromatic heterocycles. The number of rotatable bonds is 6. The smallest absolute Gasteiger partial charge is 0.261 e. The average Bonchev–Trinajstić information content (AvgIpc) is 3.22. The fraction of sp³-hybridized carbons (Fsp3) is 0.261. The van der Waals surface area contributed by atoms with E-state index in [9.17, 15) is 9.59 Å². The van der Waals surface area contributed by atoms with E-state index in [4.69, 9.17) is 0 Å². The van der Waals surface area contributed by atoms with Gasteiger partial charge in [-0.15, -0.1) is 10.2 Å². The van der Waals surface area contributed by atoms with Crippen molar-refractivity contribution in [3.63, 3.8) is 0 Å². The highest BCUT2D eigenvalue weighted by Crippen LogP contribution is 2.27. The molecule has 1 N–H and O–H groups in total. The maximum Gasteiger partial charge on any atom is 0.261 e. The number of nitrogens with zero attached hydrogens (tertiary/aromatic N) is 4. The molecule has 7 nitrogen and oxygen atoms in total. The summed E-state index contributed by atoms with van der Waals surface area (Å²) < 4.78 is 1.46. The molecular weight excluding hydrogens is 410 g/mol. The highest BCUT2D eigenvalue weighted by atomic mass is 32.1. The average molecular weight is 434 g/mol. The summed E-state index contributed by atoms with van der Waals surface area (Å²) in [5.41, 5.74) is 3.72. The van der Waals surface area contributed by atoms with Crippen molar-refractivity contribution >= 4 is 33.3 Å². The molecule has 31 heavy (non-hydrogen) atoms. The number of para-hydroxylation sites is 1. The lowest BCUT2D eigenvalue weighted by Gasteiger charge is -2.07. The van der Waals surface area contributed by atoms with Crippen LogP contribution in [-0.2, 0) is 11.3 Å². The molecule has 0 radical (unpaired) electrons. The standard InChI is InChI=1S/C23H23N5O2S/c1-14(2)16-7-9-17(10-8-16)21-26-27-23(31-21)25-19(29)11-12-28-13-24-20-15(3)5-4-6-18(20)22(28)30/h4-10,13-14H,11-12H2,1-3H3,(H,25,27,29). The number of nitrogens with one attached hydrogen (secondary N) is 1. The van der Waals surface area contributed by atoms with Gasteiger partial charge in [-0.25, -0.2) is 4.98 Å². The van der Waals surface area contributed by atoms with Crippen molar-refractivity contribution in [3.8, 4) is 10.6 Å². The summed E-state index contributed by atoms with van der Waals surface area (Å²) >= 11 is 1.32. The molecule has 4 aromatic rings. The van der Waals surface area contributed by atoms with Gasteiger partial charge in [-0.1, -0.05) is 61.6 Å². The quantitative estimate of drug-likeness (QED) is 0.487. The van der Waals surface area contributed by atoms with Crippen LogP contribution in [0.15, 0.2) is 53.6 Å². The maximum absolute atomic E-state index is 12.6. The molecule has 158 valence electrons. The molecule has 0 aliphatic carbocycles. The highest BCUT2D eigenvalue weighted by Gasteiger charge is 2.12. The van der Waals surface area contributed by atoms with E-state index in [-0.39, 0.29) is 24.4 Å². The molecule has 0 atom stereocenters. The Hall–Kier alpha value is -3.39. The van der Waals surface area contributed by atoms with E-state index in [1.807, 2.05) is 31.2 Å². The van der Waals surface area contributed by atoms with Crippen molar-refractivity contribution < 1.29 is 4.79 Å². The minimum Gasteiger partial charge on any atom is -0.300 e. The largest absolute Gasteiger partial charge is 0.300 e. The molecule has 0 saturated heterocycles. The third-order valence-electron chi connectivity index (χ3n) is 5.13. The molecule has 1 amide bonds. The van der Waals surface area contributed by atoms with Crippen LogP contribution in [0.1, 0.15) is 37.3 Å². The molecule has 0 spiro atoms. The Labute approximate surface area is 183 Å². The van der Waals surface area contributed by atoms with Gasteiger partial charge in [0.05, 0.1) is 17.2 Å². The Bertz CT molecular complexity index is 1290. The Kier molecular flexibility index (Phi) is 5.90. The summed E-state index contributed by atoms with van der Waals surface area (Å²) in [6.07, 6.45) is 1.63. The van der Waals surface area contributed by atoms with Gasteiger partial charge in [0.15, 0.2) is 0 Å². The van der Waals surface area contributed by atoms with Crippen molar-refractivity contribution in [1.29, 1.82) is 0 Å². The number of hydrogen-bond acceptors (Lipinski definition) is 6. The lowest BCUT2D eigenvalue weighted by Crippen LogP contribution is -2.23. The third kappa shape index (κ3) is 4.54. The maximum atomic E-state index is 12.6. The Morgan fingerprint density at radius 3 is 2.65 bits per heavy atom. The van der Waals surface area contributed by atoms with Gasteiger partial charge in [-0.05, 0) is 30.0 Å². The predicted molar refractivity (Wildman–Crippen MR) is 123 cm³/mol. The van der Waals surface area contributed by atoms with Gasteiger partial charge in [0, 0.05) is 18.5 Å². The SMILES string of the molecule is Cc1cccc2c(=O)n(CCC(=O)Nc3nnc(-c4ccc(C(C)C)cc4)s3)cnc12. The number of aryl methyl sites for hydroxylation is 2. The molecule has 0 fully saturated rings. The summed E-state index contributed by atoms with van der Waals surface area (Å²) in [6.45, 7) is 6.46. The molecular formula is C23H23N5O2S. The zero-order chi connectivity index (χ0) is 22.0. The first kappa shape index (κ1) is 20.9. The number of benzene rings is 2. The fourth-order valence-corrected chi connectivity index (χ4v) is 4.07. The van der Waals surface area contributed by atoms with Gasteiger partial charge >= 0.3 is 0 Å². The van der Waals surface area contributed by atoms with Crippen LogP contribution in [0.4, 0.5) is 5.13 Å². The molecule has 0 saturated carbocycles. The van der Waals surface area contributed by atoms with E-state index in [1.54, 1.807) is 6.07 Å². The van der Waals surface area contributed by atoms with Gasteiger partial charge < -0.3 is 5.32 Å². The number of hydrogen-bond donors (Lipinski definition) is 1. The Balaban J connectivity index is 1.40. The molecule has 8 heteroatoms. The minimum absolute atomic E-state index is 0.136. The van der Waals surface area contributed by atoms with E-state index >= 15 is 0 Å². The van der Waals surface area contributed by atoms with Crippen LogP contribution in [0.25, 0.3) is 21.5 Å². The van der Waals surface area contributed by atoms with E-state index in [2.05, 4.69) is 46.5 Å². The Morgan fingerprint density at radius 2 is 1.90 bits per heavy atom. The molecule has 0 unspecified atom stereocenters. The lowest BCUT2D eigenvalue weighted by atomic mass is 10.0. The third-order valence-corrected chi connectivity index (χ3v) is 6.02. The van der Waals surface area contributed by atoms with Crippen LogP contribution >= 0.6 is 11.3 Å². The van der Waals surface area contributed by atoms with Crippen molar-refractivity contribution in [1.82, 2.24) is 19.7 Å². The minimum atomic E-state index is -0.228. The number of amides is 1. The van der Waals surface area contributed by atoms with Crippen LogP contribution in [0.3, 0.4) is 0 Å². The second-order valence-corrected chi connectivity index (χ2v) is 8.68. The van der Waals surface area contributed by atoms with E-state index in [0.29, 0.717) is 22.0 Å². The summed E-state index contributed by atoms with van der Waals surface area (Å²) in [6, 6.07) is 13.7. The van der Waals surface area contributed by atoms with Crippen LogP contribution in [0.2, 0.25) is 0 Å². The predicted octanol–water partition coefficient (Wildman–Crippen LogP) is 4.38. The van der Waals surface area contributed by atoms with Gasteiger partial charge in [0.2, 0.25) is 11.0 Å². The van der Waals surface area contributed by atoms with Crippen LogP contribution in [-0.4, -0.2) is 25.7 Å². The first-order valence-corrected chi connectivity index (χ1v) is 10.9. The highest BCUT2D eigenvalue weighted by molar-refractivity contribution is 7.18. The zero-order valence-corrected chi connectivity index (χ0v) is 18.4. The number of aromatic nitrogens is 4. The van der Waals surface area contributed by atoms with Gasteiger partial charge in [-0.3, -0.25) is 14.2 Å². The number of carbonyl (C=O) groups is 1. The number of anilines is 1. The Morgan fingerprint density at radius 1 is 1.13 bits per heavy atom. The van der Waals surface area contributed by atoms with Crippen LogP contribution < -0.4 is 10.9 Å².